The number of fused-ring (bicyclic) bond motifs is 1. The third-order valence-corrected chi connectivity index (χ3v) is 5.88. The number of nitrogens with zero attached hydrogens (tertiary/aromatic N) is 3. The minimum atomic E-state index is -0.555. The number of nitrogens with one attached hydrogen (secondary N) is 3. The minimum Gasteiger partial charge on any atom is -0.360 e. The van der Waals surface area contributed by atoms with E-state index in [0.29, 0.717) is 11.0 Å². The molecule has 1 unspecified atom stereocenters. The van der Waals surface area contributed by atoms with Crippen LogP contribution < -0.4 is 10.6 Å². The van der Waals surface area contributed by atoms with Crippen molar-refractivity contribution in [2.24, 2.45) is 0 Å². The lowest BCUT2D eigenvalue weighted by Crippen LogP contribution is -2.41. The first-order valence-electron chi connectivity index (χ1n) is 9.76. The number of aryl methyl sites for hydroxylation is 1. The molecule has 8 nitrogen and oxygen atoms in total. The number of hydrogen-bond acceptors (Lipinski definition) is 5. The molecule has 2 aromatic carbocycles. The van der Waals surface area contributed by atoms with Gasteiger partial charge >= 0.3 is 6.03 Å². The molecule has 2 heterocycles. The third kappa shape index (κ3) is 4.17. The van der Waals surface area contributed by atoms with E-state index in [2.05, 4.69) is 25.8 Å². The smallest absolute Gasteiger partial charge is 0.321 e. The highest BCUT2D eigenvalue weighted by Gasteiger charge is 2.24. The third-order valence-electron chi connectivity index (χ3n) is 4.84. The monoisotopic (exact) mass is 434 g/mol. The van der Waals surface area contributed by atoms with E-state index < -0.39 is 17.2 Å². The first-order valence-corrected chi connectivity index (χ1v) is 10.6. The molecule has 0 spiro atoms. The number of aromatic nitrogens is 4. The Labute approximate surface area is 183 Å². The van der Waals surface area contributed by atoms with Crippen LogP contribution in [0.1, 0.15) is 12.5 Å². The number of benzene rings is 2. The van der Waals surface area contributed by atoms with E-state index in [9.17, 15) is 9.59 Å². The Balaban J connectivity index is 1.78. The fraction of sp³-hybridized carbons (Fsp3) is 0.182. The van der Waals surface area contributed by atoms with Crippen LogP contribution in [0.15, 0.2) is 59.9 Å². The van der Waals surface area contributed by atoms with Crippen LogP contribution in [0.2, 0.25) is 0 Å². The fourth-order valence-electron chi connectivity index (χ4n) is 3.26. The molecule has 3 amide bonds. The molecule has 0 radical (unpaired) electrons. The van der Waals surface area contributed by atoms with Gasteiger partial charge in [-0.05, 0) is 37.6 Å². The van der Waals surface area contributed by atoms with E-state index in [1.165, 1.54) is 18.8 Å². The van der Waals surface area contributed by atoms with Gasteiger partial charge in [0.05, 0.1) is 5.25 Å². The van der Waals surface area contributed by atoms with Crippen LogP contribution in [0.25, 0.3) is 28.0 Å². The molecular formula is C22H22N6O2S. The van der Waals surface area contributed by atoms with Gasteiger partial charge in [0, 0.05) is 35.4 Å². The van der Waals surface area contributed by atoms with Gasteiger partial charge in [-0.15, -0.1) is 10.2 Å². The van der Waals surface area contributed by atoms with Gasteiger partial charge in [0.2, 0.25) is 5.91 Å². The average Bonchev–Trinajstić information content (AvgIpc) is 3.37. The Hall–Kier alpha value is -3.59. The molecule has 1 atom stereocenters. The number of carbonyl (C=O) groups excluding carboxylic acids is 2. The Bertz CT molecular complexity index is 1260. The van der Waals surface area contributed by atoms with Crippen molar-refractivity contribution in [3.05, 3.63) is 60.3 Å². The fourth-order valence-corrected chi connectivity index (χ4v) is 4.13. The second kappa shape index (κ2) is 8.65. The van der Waals surface area contributed by atoms with Crippen molar-refractivity contribution >= 4 is 34.6 Å². The number of rotatable bonds is 5. The van der Waals surface area contributed by atoms with Crippen LogP contribution >= 0.6 is 11.8 Å². The van der Waals surface area contributed by atoms with Crippen LogP contribution in [0, 0.1) is 6.92 Å². The number of H-pyrrole nitrogens is 1. The molecule has 0 aliphatic rings. The van der Waals surface area contributed by atoms with Crippen LogP contribution in [-0.2, 0) is 4.79 Å². The molecular weight excluding hydrogens is 412 g/mol. The van der Waals surface area contributed by atoms with Gasteiger partial charge in [-0.1, -0.05) is 42.1 Å². The van der Waals surface area contributed by atoms with E-state index >= 15 is 0 Å². The number of thioether (sulfide) groups is 1. The molecule has 0 aliphatic heterocycles. The number of urea groups is 1. The standard InChI is InChI=1S/C22H22N6O2S/c1-13-7-6-8-15(11-13)28-19(17-12-24-18-10-5-4-9-16(17)18)26-27-22(28)31-14(2)20(29)25-21(30)23-3/h4-12,14,24H,1-3H3,(H2,23,25,29,30). The van der Waals surface area contributed by atoms with E-state index in [1.807, 2.05) is 66.2 Å². The Morgan fingerprint density at radius 1 is 1.13 bits per heavy atom. The second-order valence-corrected chi connectivity index (χ2v) is 8.36. The summed E-state index contributed by atoms with van der Waals surface area (Å²) in [4.78, 5) is 27.2. The zero-order valence-electron chi connectivity index (χ0n) is 17.3. The molecule has 0 aliphatic carbocycles. The maximum Gasteiger partial charge on any atom is 0.321 e. The van der Waals surface area contributed by atoms with Gasteiger partial charge in [0.15, 0.2) is 11.0 Å². The van der Waals surface area contributed by atoms with Crippen molar-refractivity contribution in [1.82, 2.24) is 30.4 Å². The summed E-state index contributed by atoms with van der Waals surface area (Å²) in [7, 11) is 1.46. The molecule has 4 rings (SSSR count). The van der Waals surface area contributed by atoms with Gasteiger partial charge in [-0.3, -0.25) is 14.7 Å². The average molecular weight is 435 g/mol. The van der Waals surface area contributed by atoms with E-state index in [1.54, 1.807) is 6.92 Å². The molecule has 0 fully saturated rings. The van der Waals surface area contributed by atoms with Gasteiger partial charge in [0.1, 0.15) is 0 Å². The lowest BCUT2D eigenvalue weighted by molar-refractivity contribution is -0.119. The van der Waals surface area contributed by atoms with Gasteiger partial charge in [0.25, 0.3) is 0 Å². The highest BCUT2D eigenvalue weighted by atomic mass is 32.2. The van der Waals surface area contributed by atoms with Crippen LogP contribution in [-0.4, -0.2) is 44.0 Å². The molecule has 0 saturated carbocycles. The number of hydrogen-bond donors (Lipinski definition) is 3. The quantitative estimate of drug-likeness (QED) is 0.416. The van der Waals surface area contributed by atoms with Gasteiger partial charge in [-0.25, -0.2) is 4.79 Å². The summed E-state index contributed by atoms with van der Waals surface area (Å²) in [5, 5.41) is 14.6. The Morgan fingerprint density at radius 3 is 2.71 bits per heavy atom. The molecule has 158 valence electrons. The zero-order chi connectivity index (χ0) is 22.0. The number of amides is 3. The van der Waals surface area contributed by atoms with E-state index in [0.717, 1.165) is 27.7 Å². The lowest BCUT2D eigenvalue weighted by atomic mass is 10.1. The number of imide groups is 1. The number of para-hydroxylation sites is 1. The maximum atomic E-state index is 12.4. The van der Waals surface area contributed by atoms with E-state index in [4.69, 9.17) is 0 Å². The zero-order valence-corrected chi connectivity index (χ0v) is 18.2. The molecule has 4 aromatic rings. The van der Waals surface area contributed by atoms with Crippen molar-refractivity contribution in [3.8, 4) is 17.1 Å². The molecule has 31 heavy (non-hydrogen) atoms. The van der Waals surface area contributed by atoms with Crippen molar-refractivity contribution in [2.45, 2.75) is 24.3 Å². The highest BCUT2D eigenvalue weighted by Crippen LogP contribution is 2.33. The summed E-state index contributed by atoms with van der Waals surface area (Å²) in [5.74, 6) is 0.265. The first-order chi connectivity index (χ1) is 15.0. The number of carbonyl (C=O) groups is 2. The summed E-state index contributed by atoms with van der Waals surface area (Å²) in [6.07, 6.45) is 1.91. The number of aromatic amines is 1. The van der Waals surface area contributed by atoms with Crippen molar-refractivity contribution in [1.29, 1.82) is 0 Å². The normalized spacial score (nSPS) is 12.0. The summed E-state index contributed by atoms with van der Waals surface area (Å²) in [6.45, 7) is 3.75. The predicted octanol–water partition coefficient (Wildman–Crippen LogP) is 3.66. The summed E-state index contributed by atoms with van der Waals surface area (Å²) in [6, 6.07) is 15.5. The maximum absolute atomic E-state index is 12.4. The Kier molecular flexibility index (Phi) is 5.77. The van der Waals surface area contributed by atoms with E-state index in [-0.39, 0.29) is 0 Å². The van der Waals surface area contributed by atoms with Crippen molar-refractivity contribution in [3.63, 3.8) is 0 Å². The van der Waals surface area contributed by atoms with Crippen LogP contribution in [0.3, 0.4) is 0 Å². The second-order valence-electron chi connectivity index (χ2n) is 7.06. The SMILES string of the molecule is CNC(=O)NC(=O)C(C)Sc1nnc(-c2c[nH]c3ccccc23)n1-c1cccc(C)c1. The molecule has 2 aromatic heterocycles. The largest absolute Gasteiger partial charge is 0.360 e. The molecule has 0 saturated heterocycles. The summed E-state index contributed by atoms with van der Waals surface area (Å²) >= 11 is 1.24. The van der Waals surface area contributed by atoms with Gasteiger partial charge in [-0.2, -0.15) is 0 Å². The highest BCUT2D eigenvalue weighted by molar-refractivity contribution is 8.00. The molecule has 9 heteroatoms. The topological polar surface area (TPSA) is 105 Å². The summed E-state index contributed by atoms with van der Waals surface area (Å²) in [5.41, 5.74) is 3.91. The first kappa shape index (κ1) is 20.7. The van der Waals surface area contributed by atoms with Crippen molar-refractivity contribution < 1.29 is 9.59 Å². The van der Waals surface area contributed by atoms with Crippen molar-refractivity contribution in [2.75, 3.05) is 7.05 Å². The van der Waals surface area contributed by atoms with Gasteiger partial charge < -0.3 is 10.3 Å². The molecule has 3 N–H and O–H groups in total. The Morgan fingerprint density at radius 2 is 1.94 bits per heavy atom. The van der Waals surface area contributed by atoms with Crippen LogP contribution in [0.5, 0.6) is 0 Å². The molecule has 0 bridgehead atoms. The minimum absolute atomic E-state index is 0.406. The van der Waals surface area contributed by atoms with Crippen LogP contribution in [0.4, 0.5) is 4.79 Å². The summed E-state index contributed by atoms with van der Waals surface area (Å²) < 4.78 is 1.94. The lowest BCUT2D eigenvalue weighted by Gasteiger charge is -2.13. The predicted molar refractivity (Wildman–Crippen MR) is 121 cm³/mol.